The van der Waals surface area contributed by atoms with Crippen molar-refractivity contribution in [2.45, 2.75) is 29.2 Å². The van der Waals surface area contributed by atoms with Gasteiger partial charge in [0.15, 0.2) is 11.5 Å². The highest BCUT2D eigenvalue weighted by Crippen LogP contribution is 2.36. The lowest BCUT2D eigenvalue weighted by Gasteiger charge is -2.18. The summed E-state index contributed by atoms with van der Waals surface area (Å²) in [6, 6.07) is 19.5. The third-order valence-electron chi connectivity index (χ3n) is 7.03. The van der Waals surface area contributed by atoms with Gasteiger partial charge in [0.1, 0.15) is 12.2 Å². The van der Waals surface area contributed by atoms with Crippen molar-refractivity contribution < 1.29 is 27.4 Å². The van der Waals surface area contributed by atoms with Crippen LogP contribution in [-0.2, 0) is 19.5 Å². The molecule has 0 bridgehead atoms. The summed E-state index contributed by atoms with van der Waals surface area (Å²) in [5, 5.41) is 5.15. The lowest BCUT2D eigenvalue weighted by molar-refractivity contribution is 0.0690. The third-order valence-corrected chi connectivity index (χ3v) is 8.52. The maximum absolute atomic E-state index is 13.2. The average molecular weight is 533 g/mol. The molecule has 10 nitrogen and oxygen atoms in total. The number of ether oxygens (including phenoxy) is 4. The van der Waals surface area contributed by atoms with Crippen molar-refractivity contribution in [2.75, 3.05) is 25.3 Å². The average Bonchev–Trinajstić information content (AvgIpc) is 3.66. The number of hydrogen-bond acceptors (Lipinski definition) is 9. The van der Waals surface area contributed by atoms with Crippen molar-refractivity contribution >= 4 is 26.7 Å². The van der Waals surface area contributed by atoms with Gasteiger partial charge in [-0.2, -0.15) is 0 Å². The number of hydrogen-bond donors (Lipinski definition) is 2. The molecule has 38 heavy (non-hydrogen) atoms. The van der Waals surface area contributed by atoms with Crippen molar-refractivity contribution in [3.05, 3.63) is 72.9 Å². The van der Waals surface area contributed by atoms with Crippen LogP contribution in [0.15, 0.2) is 77.8 Å². The van der Waals surface area contributed by atoms with Crippen molar-refractivity contribution in [2.24, 2.45) is 0 Å². The van der Waals surface area contributed by atoms with Crippen LogP contribution in [0.3, 0.4) is 0 Å². The normalized spacial score (nSPS) is 24.0. The van der Waals surface area contributed by atoms with Gasteiger partial charge in [0.2, 0.25) is 22.8 Å². The second-order valence-electron chi connectivity index (χ2n) is 9.42. The summed E-state index contributed by atoms with van der Waals surface area (Å²) in [6.45, 7) is 0.749. The fraction of sp³-hybridized carbons (Fsp3) is 0.259. The van der Waals surface area contributed by atoms with E-state index in [-0.39, 0.29) is 30.4 Å². The molecule has 7 rings (SSSR count). The summed E-state index contributed by atoms with van der Waals surface area (Å²) in [5.41, 5.74) is 1.60. The number of rotatable bonds is 6. The van der Waals surface area contributed by atoms with Crippen LogP contribution in [0.1, 0.15) is 0 Å². The van der Waals surface area contributed by atoms with Gasteiger partial charge in [0.25, 0.3) is 0 Å². The molecule has 2 saturated heterocycles. The van der Waals surface area contributed by atoms with E-state index in [0.717, 1.165) is 22.0 Å². The molecule has 0 aliphatic carbocycles. The van der Waals surface area contributed by atoms with Gasteiger partial charge in [0, 0.05) is 11.8 Å². The largest absolute Gasteiger partial charge is 0.454 e. The molecule has 0 saturated carbocycles. The molecular weight excluding hydrogens is 508 g/mol. The van der Waals surface area contributed by atoms with E-state index in [1.165, 1.54) is 0 Å². The van der Waals surface area contributed by atoms with E-state index in [1.807, 2.05) is 54.6 Å². The highest BCUT2D eigenvalue weighted by Gasteiger charge is 2.49. The first-order chi connectivity index (χ1) is 18.5. The Kier molecular flexibility index (Phi) is 5.66. The van der Waals surface area contributed by atoms with E-state index < -0.39 is 22.2 Å². The highest BCUT2D eigenvalue weighted by molar-refractivity contribution is 7.89. The zero-order chi connectivity index (χ0) is 25.7. The van der Waals surface area contributed by atoms with Crippen LogP contribution in [0.5, 0.6) is 11.5 Å². The SMILES string of the molecule is O=S(=O)(NC1COC2C(Nc3nccc(-c4ccc5c(c4)OCO5)n3)COC12)c1ccc2ccccc2c1. The van der Waals surface area contributed by atoms with Gasteiger partial charge >= 0.3 is 0 Å². The van der Waals surface area contributed by atoms with Crippen LogP contribution in [-0.4, -0.2) is 62.7 Å². The molecule has 3 aliphatic heterocycles. The molecule has 0 spiro atoms. The Morgan fingerprint density at radius 2 is 1.61 bits per heavy atom. The maximum Gasteiger partial charge on any atom is 0.241 e. The fourth-order valence-corrected chi connectivity index (χ4v) is 6.40. The van der Waals surface area contributed by atoms with E-state index in [0.29, 0.717) is 24.1 Å². The molecule has 11 heteroatoms. The molecule has 1 aromatic heterocycles. The van der Waals surface area contributed by atoms with Gasteiger partial charge in [-0.05, 0) is 47.2 Å². The van der Waals surface area contributed by atoms with E-state index >= 15 is 0 Å². The molecule has 4 unspecified atom stereocenters. The Labute approximate surface area is 219 Å². The zero-order valence-corrected chi connectivity index (χ0v) is 20.9. The molecule has 2 fully saturated rings. The lowest BCUT2D eigenvalue weighted by Crippen LogP contribution is -2.44. The molecule has 0 amide bonds. The predicted molar refractivity (Wildman–Crippen MR) is 139 cm³/mol. The second kappa shape index (κ2) is 9.21. The Balaban J connectivity index is 1.04. The molecule has 2 N–H and O–H groups in total. The number of sulfonamides is 1. The van der Waals surface area contributed by atoms with Gasteiger partial charge < -0.3 is 24.3 Å². The number of anilines is 1. The summed E-state index contributed by atoms with van der Waals surface area (Å²) in [7, 11) is -3.77. The van der Waals surface area contributed by atoms with Crippen LogP contribution < -0.4 is 19.5 Å². The predicted octanol–water partition coefficient (Wildman–Crippen LogP) is 2.95. The highest BCUT2D eigenvalue weighted by atomic mass is 32.2. The number of aromatic nitrogens is 2. The van der Waals surface area contributed by atoms with Gasteiger partial charge in [-0.15, -0.1) is 0 Å². The smallest absolute Gasteiger partial charge is 0.241 e. The molecule has 194 valence electrons. The molecule has 4 heterocycles. The molecule has 4 atom stereocenters. The lowest BCUT2D eigenvalue weighted by atomic mass is 10.1. The molecule has 0 radical (unpaired) electrons. The first kappa shape index (κ1) is 23.4. The first-order valence-electron chi connectivity index (χ1n) is 12.3. The summed E-state index contributed by atoms with van der Waals surface area (Å²) in [4.78, 5) is 9.21. The number of fused-ring (bicyclic) bond motifs is 3. The first-order valence-corrected chi connectivity index (χ1v) is 13.8. The van der Waals surface area contributed by atoms with Crippen LogP contribution >= 0.6 is 0 Å². The minimum Gasteiger partial charge on any atom is -0.454 e. The molecule has 4 aromatic rings. The van der Waals surface area contributed by atoms with Gasteiger partial charge in [-0.3, -0.25) is 0 Å². The number of nitrogens with one attached hydrogen (secondary N) is 2. The van der Waals surface area contributed by atoms with Gasteiger partial charge in [0.05, 0.1) is 35.9 Å². The summed E-state index contributed by atoms with van der Waals surface area (Å²) >= 11 is 0. The van der Waals surface area contributed by atoms with Crippen LogP contribution in [0.4, 0.5) is 5.95 Å². The van der Waals surface area contributed by atoms with E-state index in [9.17, 15) is 8.42 Å². The monoisotopic (exact) mass is 532 g/mol. The molecule has 3 aromatic carbocycles. The van der Waals surface area contributed by atoms with Crippen molar-refractivity contribution in [1.29, 1.82) is 0 Å². The fourth-order valence-electron chi connectivity index (χ4n) is 5.14. The molecular formula is C27H24N4O6S. The third kappa shape index (κ3) is 4.23. The van der Waals surface area contributed by atoms with Crippen molar-refractivity contribution in [1.82, 2.24) is 14.7 Å². The Morgan fingerprint density at radius 1 is 0.816 bits per heavy atom. The zero-order valence-electron chi connectivity index (χ0n) is 20.1. The van der Waals surface area contributed by atoms with E-state index in [1.54, 1.807) is 18.3 Å². The van der Waals surface area contributed by atoms with Crippen molar-refractivity contribution in [3.8, 4) is 22.8 Å². The van der Waals surface area contributed by atoms with Gasteiger partial charge in [-0.25, -0.2) is 23.1 Å². The topological polar surface area (TPSA) is 121 Å². The minimum absolute atomic E-state index is 0.207. The quantitative estimate of drug-likeness (QED) is 0.386. The number of nitrogens with zero attached hydrogens (tertiary/aromatic N) is 2. The van der Waals surface area contributed by atoms with Crippen LogP contribution in [0.25, 0.3) is 22.0 Å². The standard InChI is InChI=1S/C27H24N4O6S/c32-38(33,19-7-5-16-3-1-2-4-17(16)11-19)31-22-14-35-25-21(13-34-26(22)25)30-27-28-10-9-20(29-27)18-6-8-23-24(12-18)37-15-36-23/h1-12,21-22,25-26,31H,13-15H2,(H,28,29,30). The Hall–Kier alpha value is -3.77. The van der Waals surface area contributed by atoms with Gasteiger partial charge in [-0.1, -0.05) is 30.3 Å². The summed E-state index contributed by atoms with van der Waals surface area (Å²) < 4.78 is 51.9. The van der Waals surface area contributed by atoms with Crippen molar-refractivity contribution in [3.63, 3.8) is 0 Å². The Bertz CT molecular complexity index is 1630. The van der Waals surface area contributed by atoms with Crippen LogP contribution in [0.2, 0.25) is 0 Å². The minimum atomic E-state index is -3.77. The summed E-state index contributed by atoms with van der Waals surface area (Å²) in [5.74, 6) is 1.82. The van der Waals surface area contributed by atoms with E-state index in [2.05, 4.69) is 20.0 Å². The molecule has 3 aliphatic rings. The number of benzene rings is 3. The van der Waals surface area contributed by atoms with E-state index in [4.69, 9.17) is 18.9 Å². The maximum atomic E-state index is 13.2. The Morgan fingerprint density at radius 3 is 2.50 bits per heavy atom. The second-order valence-corrected chi connectivity index (χ2v) is 11.1. The van der Waals surface area contributed by atoms with Crippen LogP contribution in [0, 0.1) is 0 Å². The summed E-state index contributed by atoms with van der Waals surface area (Å²) in [6.07, 6.45) is 0.898.